The van der Waals surface area contributed by atoms with Crippen LogP contribution in [0.2, 0.25) is 0 Å². The number of aliphatic carboxylic acids is 1. The Morgan fingerprint density at radius 2 is 2.04 bits per heavy atom. The SMILES string of the molecule is CN1C[C@@H](c2ccc[n+](O[C@@H]3O[C@H](C(=O)O)[C@@H](O)[C@H](O)[C@H]3O)c2)CC1=O. The fourth-order valence-electron chi connectivity index (χ4n) is 3.12. The van der Waals surface area contributed by atoms with Crippen LogP contribution in [0.1, 0.15) is 17.9 Å². The molecule has 2 aliphatic heterocycles. The first-order valence-corrected chi connectivity index (χ1v) is 8.12. The number of carboxylic acids is 1. The summed E-state index contributed by atoms with van der Waals surface area (Å²) >= 11 is 0. The molecule has 0 spiro atoms. The third-order valence-electron chi connectivity index (χ3n) is 4.65. The Morgan fingerprint density at radius 1 is 1.31 bits per heavy atom. The zero-order chi connectivity index (χ0) is 19.0. The normalized spacial score (nSPS) is 34.8. The number of rotatable bonds is 4. The maximum absolute atomic E-state index is 11.7. The van der Waals surface area contributed by atoms with Gasteiger partial charge in [0.25, 0.3) is 6.29 Å². The molecule has 2 aliphatic rings. The molecule has 4 N–H and O–H groups in total. The Kier molecular flexibility index (Phi) is 5.10. The average Bonchev–Trinajstić information content (AvgIpc) is 2.94. The van der Waals surface area contributed by atoms with Crippen LogP contribution in [0.4, 0.5) is 0 Å². The fourth-order valence-corrected chi connectivity index (χ4v) is 3.12. The van der Waals surface area contributed by atoms with E-state index in [-0.39, 0.29) is 11.8 Å². The standard InChI is InChI=1S/C16H20N2O8/c1-17-6-9(5-10(17)19)8-3-2-4-18(7-8)26-16-13(22)11(20)12(21)14(25-16)15(23)24/h2-4,7,9,11-14,16,20-22H,5-6H2,1H3/p+1/t9-,11-,12-,13+,14-,16-/m0/s1. The zero-order valence-corrected chi connectivity index (χ0v) is 14.0. The van der Waals surface area contributed by atoms with Crippen LogP contribution in [0.15, 0.2) is 24.5 Å². The predicted molar refractivity (Wildman–Crippen MR) is 82.5 cm³/mol. The van der Waals surface area contributed by atoms with E-state index in [9.17, 15) is 24.9 Å². The summed E-state index contributed by atoms with van der Waals surface area (Å²) in [5.41, 5.74) is 0.825. The minimum atomic E-state index is -1.78. The molecular formula is C16H21N2O8+. The smallest absolute Gasteiger partial charge is 0.335 e. The number of pyridine rings is 1. The first-order valence-electron chi connectivity index (χ1n) is 8.12. The van der Waals surface area contributed by atoms with E-state index < -0.39 is 36.7 Å². The van der Waals surface area contributed by atoms with Gasteiger partial charge in [0.1, 0.15) is 12.2 Å². The number of aliphatic hydroxyl groups excluding tert-OH is 3. The van der Waals surface area contributed by atoms with Crippen molar-refractivity contribution in [3.63, 3.8) is 0 Å². The van der Waals surface area contributed by atoms with Gasteiger partial charge in [-0.15, -0.1) is 0 Å². The van der Waals surface area contributed by atoms with E-state index in [4.69, 9.17) is 14.7 Å². The summed E-state index contributed by atoms with van der Waals surface area (Å²) in [6, 6.07) is 3.50. The minimum Gasteiger partial charge on any atom is -0.479 e. The van der Waals surface area contributed by atoms with Crippen molar-refractivity contribution < 1.29 is 44.3 Å². The molecule has 3 heterocycles. The first kappa shape index (κ1) is 18.5. The van der Waals surface area contributed by atoms with Crippen LogP contribution in [-0.2, 0) is 14.3 Å². The lowest BCUT2D eigenvalue weighted by Crippen LogP contribution is -2.65. The van der Waals surface area contributed by atoms with Gasteiger partial charge in [-0.1, -0.05) is 0 Å². The number of amides is 1. The summed E-state index contributed by atoms with van der Waals surface area (Å²) in [5.74, 6) is -1.46. The topological polar surface area (TPSA) is 141 Å². The van der Waals surface area contributed by atoms with Gasteiger partial charge in [0.05, 0.1) is 0 Å². The highest BCUT2D eigenvalue weighted by atomic mass is 16.8. The lowest BCUT2D eigenvalue weighted by Gasteiger charge is -2.36. The van der Waals surface area contributed by atoms with Crippen molar-refractivity contribution >= 4 is 11.9 Å². The molecule has 1 amide bonds. The number of likely N-dealkylation sites (N-methyl/N-ethyl adjacent to an activating group) is 1. The van der Waals surface area contributed by atoms with Crippen LogP contribution < -0.4 is 9.57 Å². The molecule has 3 rings (SSSR count). The molecule has 0 bridgehead atoms. The molecule has 0 saturated carbocycles. The second-order valence-corrected chi connectivity index (χ2v) is 6.51. The van der Waals surface area contributed by atoms with E-state index in [0.29, 0.717) is 13.0 Å². The van der Waals surface area contributed by atoms with Crippen molar-refractivity contribution in [3.8, 4) is 0 Å². The molecule has 0 radical (unpaired) electrons. The van der Waals surface area contributed by atoms with Gasteiger partial charge in [0, 0.05) is 42.3 Å². The van der Waals surface area contributed by atoms with E-state index in [1.807, 2.05) is 6.07 Å². The number of aliphatic hydroxyl groups is 3. The molecule has 1 aromatic rings. The lowest BCUT2D eigenvalue weighted by molar-refractivity contribution is -0.909. The highest BCUT2D eigenvalue weighted by molar-refractivity contribution is 5.79. The summed E-state index contributed by atoms with van der Waals surface area (Å²) in [4.78, 5) is 29.9. The number of ether oxygens (including phenoxy) is 1. The molecular weight excluding hydrogens is 348 g/mol. The summed E-state index contributed by atoms with van der Waals surface area (Å²) < 4.78 is 6.30. The zero-order valence-electron chi connectivity index (χ0n) is 14.0. The monoisotopic (exact) mass is 369 g/mol. The predicted octanol–water partition coefficient (Wildman–Crippen LogP) is -2.76. The van der Waals surface area contributed by atoms with Crippen molar-refractivity contribution in [1.82, 2.24) is 4.90 Å². The molecule has 1 aromatic heterocycles. The van der Waals surface area contributed by atoms with Gasteiger partial charge in [-0.25, -0.2) is 9.63 Å². The van der Waals surface area contributed by atoms with Gasteiger partial charge in [-0.3, -0.25) is 4.79 Å². The van der Waals surface area contributed by atoms with Crippen molar-refractivity contribution in [2.75, 3.05) is 13.6 Å². The Morgan fingerprint density at radius 3 is 2.65 bits per heavy atom. The van der Waals surface area contributed by atoms with E-state index in [0.717, 1.165) is 5.56 Å². The first-order chi connectivity index (χ1) is 12.3. The Balaban J connectivity index is 1.75. The van der Waals surface area contributed by atoms with Crippen molar-refractivity contribution in [1.29, 1.82) is 0 Å². The van der Waals surface area contributed by atoms with Crippen molar-refractivity contribution in [2.24, 2.45) is 0 Å². The Labute approximate surface area is 148 Å². The Hall–Kier alpha value is -2.27. The Bertz CT molecular complexity index is 699. The third kappa shape index (κ3) is 3.49. The summed E-state index contributed by atoms with van der Waals surface area (Å²) in [5, 5.41) is 38.6. The average molecular weight is 369 g/mol. The summed E-state index contributed by atoms with van der Waals surface area (Å²) in [6.07, 6.45) is -4.91. The number of carbonyl (C=O) groups excluding carboxylic acids is 1. The van der Waals surface area contributed by atoms with Crippen LogP contribution >= 0.6 is 0 Å². The second kappa shape index (κ2) is 7.16. The van der Waals surface area contributed by atoms with E-state index in [1.54, 1.807) is 24.2 Å². The van der Waals surface area contributed by atoms with Gasteiger partial charge in [0.2, 0.25) is 18.3 Å². The number of hydrogen-bond donors (Lipinski definition) is 4. The maximum Gasteiger partial charge on any atom is 0.335 e. The summed E-state index contributed by atoms with van der Waals surface area (Å²) in [6.45, 7) is 0.567. The molecule has 142 valence electrons. The van der Waals surface area contributed by atoms with E-state index in [1.165, 1.54) is 10.9 Å². The third-order valence-corrected chi connectivity index (χ3v) is 4.65. The highest BCUT2D eigenvalue weighted by Gasteiger charge is 2.49. The van der Waals surface area contributed by atoms with Crippen LogP contribution in [0.5, 0.6) is 0 Å². The molecule has 10 nitrogen and oxygen atoms in total. The van der Waals surface area contributed by atoms with Crippen molar-refractivity contribution in [3.05, 3.63) is 30.1 Å². The highest BCUT2D eigenvalue weighted by Crippen LogP contribution is 2.26. The van der Waals surface area contributed by atoms with E-state index in [2.05, 4.69) is 0 Å². The van der Waals surface area contributed by atoms with Gasteiger partial charge in [0.15, 0.2) is 12.2 Å². The number of nitrogens with zero attached hydrogens (tertiary/aromatic N) is 2. The fraction of sp³-hybridized carbons (Fsp3) is 0.562. The minimum absolute atomic E-state index is 0.0140. The van der Waals surface area contributed by atoms with Gasteiger partial charge in [-0.05, 0) is 6.07 Å². The number of aromatic nitrogens is 1. The second-order valence-electron chi connectivity index (χ2n) is 6.51. The number of likely N-dealkylation sites (tertiary alicyclic amines) is 1. The molecule has 6 atom stereocenters. The lowest BCUT2D eigenvalue weighted by atomic mass is 9.99. The molecule has 2 saturated heterocycles. The quantitative estimate of drug-likeness (QED) is 0.419. The molecule has 10 heteroatoms. The van der Waals surface area contributed by atoms with Crippen LogP contribution in [0, 0.1) is 0 Å². The largest absolute Gasteiger partial charge is 0.479 e. The van der Waals surface area contributed by atoms with Crippen LogP contribution in [-0.4, -0.2) is 81.5 Å². The molecule has 0 unspecified atom stereocenters. The van der Waals surface area contributed by atoms with E-state index >= 15 is 0 Å². The van der Waals surface area contributed by atoms with Crippen LogP contribution in [0.25, 0.3) is 0 Å². The molecule has 26 heavy (non-hydrogen) atoms. The van der Waals surface area contributed by atoms with Crippen LogP contribution in [0.3, 0.4) is 0 Å². The molecule has 2 fully saturated rings. The van der Waals surface area contributed by atoms with Gasteiger partial charge < -0.3 is 30.1 Å². The number of carboxylic acid groups (broad SMARTS) is 1. The van der Waals surface area contributed by atoms with Crippen molar-refractivity contribution in [2.45, 2.75) is 43.0 Å². The molecule has 0 aliphatic carbocycles. The summed E-state index contributed by atoms with van der Waals surface area (Å²) in [7, 11) is 1.72. The van der Waals surface area contributed by atoms with Gasteiger partial charge >= 0.3 is 5.97 Å². The maximum atomic E-state index is 11.7. The number of hydrogen-bond acceptors (Lipinski definition) is 7. The number of carbonyl (C=O) groups is 2. The van der Waals surface area contributed by atoms with Gasteiger partial charge in [-0.2, -0.15) is 0 Å². The molecule has 0 aromatic carbocycles.